The van der Waals surface area contributed by atoms with Crippen LogP contribution in [0.5, 0.6) is 0 Å². The third-order valence-corrected chi connectivity index (χ3v) is 6.72. The molecule has 9 nitrogen and oxygen atoms in total. The average molecular weight is 408 g/mol. The summed E-state index contributed by atoms with van der Waals surface area (Å²) in [5, 5.41) is 10.9. The van der Waals surface area contributed by atoms with Gasteiger partial charge in [0.2, 0.25) is 10.2 Å². The molecule has 0 radical (unpaired) electrons. The highest BCUT2D eigenvalue weighted by Crippen LogP contribution is 2.27. The highest BCUT2D eigenvalue weighted by molar-refractivity contribution is 7.89. The van der Waals surface area contributed by atoms with E-state index in [2.05, 4.69) is 15.5 Å². The van der Waals surface area contributed by atoms with E-state index in [9.17, 15) is 13.2 Å². The van der Waals surface area contributed by atoms with Gasteiger partial charge in [-0.2, -0.15) is 4.31 Å². The van der Waals surface area contributed by atoms with Gasteiger partial charge in [-0.05, 0) is 37.1 Å². The monoisotopic (exact) mass is 408 g/mol. The summed E-state index contributed by atoms with van der Waals surface area (Å²) in [5.41, 5.74) is 0. The summed E-state index contributed by atoms with van der Waals surface area (Å²) in [4.78, 5) is 12.3. The number of anilines is 1. The van der Waals surface area contributed by atoms with Crippen molar-refractivity contribution in [1.82, 2.24) is 14.5 Å². The molecule has 4 heterocycles. The maximum Gasteiger partial charge on any atom is 0.293 e. The molecule has 1 fully saturated rings. The average Bonchev–Trinajstić information content (AvgIpc) is 3.42. The molecule has 0 spiro atoms. The number of nitrogens with one attached hydrogen (secondary N) is 1. The predicted octanol–water partition coefficient (Wildman–Crippen LogP) is 2.82. The van der Waals surface area contributed by atoms with E-state index in [1.54, 1.807) is 12.1 Å². The van der Waals surface area contributed by atoms with Gasteiger partial charge < -0.3 is 8.83 Å². The Balaban J connectivity index is 1.47. The van der Waals surface area contributed by atoms with Crippen LogP contribution >= 0.6 is 11.3 Å². The Morgan fingerprint density at radius 3 is 2.70 bits per heavy atom. The molecule has 142 valence electrons. The minimum Gasteiger partial charge on any atom is -0.462 e. The van der Waals surface area contributed by atoms with E-state index in [4.69, 9.17) is 8.83 Å². The van der Waals surface area contributed by atoms with Crippen LogP contribution in [-0.2, 0) is 10.0 Å². The minimum absolute atomic E-state index is 0.111. The van der Waals surface area contributed by atoms with Crippen molar-refractivity contribution in [3.05, 3.63) is 36.3 Å². The molecule has 1 N–H and O–H groups in total. The molecule has 0 unspecified atom stereocenters. The first-order valence-electron chi connectivity index (χ1n) is 8.33. The summed E-state index contributed by atoms with van der Waals surface area (Å²) in [7, 11) is -3.72. The molecule has 1 aliphatic heterocycles. The van der Waals surface area contributed by atoms with Gasteiger partial charge in [-0.25, -0.2) is 8.42 Å². The third-order valence-electron chi connectivity index (χ3n) is 4.09. The number of hydrogen-bond acceptors (Lipinski definition) is 8. The SMILES string of the molecule is O=C(Nc1nnc(-c2ccco2)s1)c1ccc(S(=O)(=O)N2CCCCC2)o1. The number of amides is 1. The Morgan fingerprint density at radius 1 is 1.15 bits per heavy atom. The summed E-state index contributed by atoms with van der Waals surface area (Å²) in [5.74, 6) is -0.168. The largest absolute Gasteiger partial charge is 0.462 e. The molecular weight excluding hydrogens is 392 g/mol. The van der Waals surface area contributed by atoms with Crippen LogP contribution in [0.1, 0.15) is 29.8 Å². The molecule has 3 aromatic heterocycles. The lowest BCUT2D eigenvalue weighted by atomic mass is 10.2. The lowest BCUT2D eigenvalue weighted by molar-refractivity contribution is 0.0991. The number of nitrogens with zero attached hydrogens (tertiary/aromatic N) is 3. The van der Waals surface area contributed by atoms with Crippen molar-refractivity contribution in [3.8, 4) is 10.8 Å². The first-order chi connectivity index (χ1) is 13.0. The van der Waals surface area contributed by atoms with Gasteiger partial charge in [0.05, 0.1) is 6.26 Å². The molecule has 0 bridgehead atoms. The topological polar surface area (TPSA) is 119 Å². The van der Waals surface area contributed by atoms with Gasteiger partial charge in [0, 0.05) is 13.1 Å². The quantitative estimate of drug-likeness (QED) is 0.689. The number of furan rings is 2. The highest BCUT2D eigenvalue weighted by Gasteiger charge is 2.29. The van der Waals surface area contributed by atoms with E-state index in [1.807, 2.05) is 0 Å². The smallest absolute Gasteiger partial charge is 0.293 e. The first kappa shape index (κ1) is 17.9. The fourth-order valence-electron chi connectivity index (χ4n) is 2.75. The number of carbonyl (C=O) groups excluding carboxylic acids is 1. The molecule has 0 aliphatic carbocycles. The molecule has 1 saturated heterocycles. The maximum absolute atomic E-state index is 12.6. The molecule has 11 heteroatoms. The second-order valence-electron chi connectivity index (χ2n) is 5.93. The molecule has 1 amide bonds. The zero-order valence-corrected chi connectivity index (χ0v) is 15.8. The normalized spacial score (nSPS) is 15.7. The van der Waals surface area contributed by atoms with E-state index >= 15 is 0 Å². The lowest BCUT2D eigenvalue weighted by Crippen LogP contribution is -2.35. The van der Waals surface area contributed by atoms with Crippen molar-refractivity contribution < 1.29 is 22.0 Å². The first-order valence-corrected chi connectivity index (χ1v) is 10.6. The zero-order valence-electron chi connectivity index (χ0n) is 14.1. The summed E-state index contributed by atoms with van der Waals surface area (Å²) in [6.45, 7) is 0.926. The minimum atomic E-state index is -3.72. The predicted molar refractivity (Wildman–Crippen MR) is 96.9 cm³/mol. The van der Waals surface area contributed by atoms with Crippen LogP contribution in [0.15, 0.2) is 44.5 Å². The van der Waals surface area contributed by atoms with Gasteiger partial charge in [-0.1, -0.05) is 17.8 Å². The van der Waals surface area contributed by atoms with E-state index in [1.165, 1.54) is 22.7 Å². The Labute approximate surface area is 159 Å². The summed E-state index contributed by atoms with van der Waals surface area (Å²) < 4.78 is 37.1. The molecular formula is C16H16N4O5S2. The zero-order chi connectivity index (χ0) is 18.9. The van der Waals surface area contributed by atoms with Gasteiger partial charge in [-0.3, -0.25) is 10.1 Å². The van der Waals surface area contributed by atoms with Gasteiger partial charge >= 0.3 is 0 Å². The Morgan fingerprint density at radius 2 is 1.96 bits per heavy atom. The Bertz CT molecular complexity index is 1030. The number of sulfonamides is 1. The second kappa shape index (κ2) is 7.25. The van der Waals surface area contributed by atoms with Gasteiger partial charge in [0.1, 0.15) is 0 Å². The van der Waals surface area contributed by atoms with Crippen LogP contribution in [0, 0.1) is 0 Å². The molecule has 1 aliphatic rings. The Kier molecular flexibility index (Phi) is 4.81. The standard InChI is InChI=1S/C16H16N4O5S2/c21-14(17-16-19-18-15(26-16)12-5-4-10-24-12)11-6-7-13(25-11)27(22,23)20-8-2-1-3-9-20/h4-7,10H,1-3,8-9H2,(H,17,19,21). The van der Waals surface area contributed by atoms with E-state index < -0.39 is 15.9 Å². The molecule has 4 rings (SSSR count). The number of rotatable bonds is 5. The molecule has 0 saturated carbocycles. The maximum atomic E-state index is 12.6. The molecule has 27 heavy (non-hydrogen) atoms. The number of hydrogen-bond donors (Lipinski definition) is 1. The van der Waals surface area contributed by atoms with Crippen LogP contribution in [0.4, 0.5) is 5.13 Å². The van der Waals surface area contributed by atoms with Crippen molar-refractivity contribution in [2.75, 3.05) is 18.4 Å². The van der Waals surface area contributed by atoms with Crippen molar-refractivity contribution in [1.29, 1.82) is 0 Å². The lowest BCUT2D eigenvalue weighted by Gasteiger charge is -2.24. The summed E-state index contributed by atoms with van der Waals surface area (Å²) >= 11 is 1.13. The van der Waals surface area contributed by atoms with Crippen molar-refractivity contribution >= 4 is 32.4 Å². The van der Waals surface area contributed by atoms with E-state index in [-0.39, 0.29) is 16.0 Å². The Hall–Kier alpha value is -2.50. The van der Waals surface area contributed by atoms with Crippen LogP contribution in [0.3, 0.4) is 0 Å². The van der Waals surface area contributed by atoms with Crippen LogP contribution in [0.2, 0.25) is 0 Å². The fraction of sp³-hybridized carbons (Fsp3) is 0.312. The van der Waals surface area contributed by atoms with Gasteiger partial charge in [0.15, 0.2) is 16.5 Å². The van der Waals surface area contributed by atoms with Gasteiger partial charge in [-0.15, -0.1) is 10.2 Å². The number of aromatic nitrogens is 2. The third kappa shape index (κ3) is 3.66. The van der Waals surface area contributed by atoms with Crippen LogP contribution in [-0.4, -0.2) is 41.9 Å². The molecule has 0 aromatic carbocycles. The van der Waals surface area contributed by atoms with Crippen molar-refractivity contribution in [2.24, 2.45) is 0 Å². The second-order valence-corrected chi connectivity index (χ2v) is 8.77. The van der Waals surface area contributed by atoms with Crippen molar-refractivity contribution in [2.45, 2.75) is 24.4 Å². The summed E-state index contributed by atoms with van der Waals surface area (Å²) in [6, 6.07) is 6.09. The van der Waals surface area contributed by atoms with E-state index in [0.29, 0.717) is 23.9 Å². The highest BCUT2D eigenvalue weighted by atomic mass is 32.2. The number of carbonyl (C=O) groups is 1. The van der Waals surface area contributed by atoms with Crippen LogP contribution < -0.4 is 5.32 Å². The van der Waals surface area contributed by atoms with E-state index in [0.717, 1.165) is 30.6 Å². The van der Waals surface area contributed by atoms with Crippen molar-refractivity contribution in [3.63, 3.8) is 0 Å². The van der Waals surface area contributed by atoms with Crippen LogP contribution in [0.25, 0.3) is 10.8 Å². The fourth-order valence-corrected chi connectivity index (χ4v) is 4.88. The molecule has 3 aromatic rings. The number of piperidine rings is 1. The summed E-state index contributed by atoms with van der Waals surface area (Å²) in [6.07, 6.45) is 4.17. The van der Waals surface area contributed by atoms with Gasteiger partial charge in [0.25, 0.3) is 15.9 Å². The molecule has 0 atom stereocenters.